The minimum Gasteiger partial charge on any atom is -0.508 e. The number of rotatable bonds is 7. The molecule has 2 heterocycles. The van der Waals surface area contributed by atoms with Crippen molar-refractivity contribution >= 4 is 28.5 Å². The van der Waals surface area contributed by atoms with E-state index < -0.39 is 34.9 Å². The number of phenols is 1. The van der Waals surface area contributed by atoms with Gasteiger partial charge in [0.15, 0.2) is 0 Å². The number of H-pyrrole nitrogens is 1. The minimum absolute atomic E-state index is 0.0377. The molecule has 0 bridgehead atoms. The molecule has 37 heavy (non-hydrogen) atoms. The van der Waals surface area contributed by atoms with Crippen molar-refractivity contribution < 1.29 is 24.7 Å². The second-order valence-electron chi connectivity index (χ2n) is 9.04. The van der Waals surface area contributed by atoms with Gasteiger partial charge in [-0.05, 0) is 41.3 Å². The predicted molar refractivity (Wildman–Crippen MR) is 135 cm³/mol. The fraction of sp³-hybridized carbons (Fsp3) is 0.185. The molecule has 3 aromatic carbocycles. The molecule has 0 radical (unpaired) electrons. The van der Waals surface area contributed by atoms with Crippen LogP contribution in [0.5, 0.6) is 5.75 Å². The Bertz CT molecular complexity index is 1480. The van der Waals surface area contributed by atoms with E-state index in [1.165, 1.54) is 24.3 Å². The first-order valence-corrected chi connectivity index (χ1v) is 11.7. The zero-order valence-corrected chi connectivity index (χ0v) is 19.5. The van der Waals surface area contributed by atoms with Gasteiger partial charge in [-0.25, -0.2) is 4.79 Å². The fourth-order valence-electron chi connectivity index (χ4n) is 4.79. The number of nitro benzene ring substituents is 1. The molecule has 0 fully saturated rings. The number of carbonyl (C=O) groups is 2. The second-order valence-corrected chi connectivity index (χ2v) is 9.04. The molecule has 0 spiro atoms. The maximum absolute atomic E-state index is 13.4. The van der Waals surface area contributed by atoms with Crippen molar-refractivity contribution in [2.45, 2.75) is 31.0 Å². The number of amides is 1. The van der Waals surface area contributed by atoms with Crippen LogP contribution < -0.4 is 10.6 Å². The lowest BCUT2D eigenvalue weighted by molar-refractivity contribution is -0.384. The highest BCUT2D eigenvalue weighted by atomic mass is 16.6. The van der Waals surface area contributed by atoms with E-state index in [9.17, 15) is 29.9 Å². The topological polar surface area (TPSA) is 158 Å². The molecule has 188 valence electrons. The number of aromatic nitrogens is 1. The summed E-state index contributed by atoms with van der Waals surface area (Å²) in [6.07, 6.45) is 0.387. The third-order valence-corrected chi connectivity index (χ3v) is 6.66. The van der Waals surface area contributed by atoms with Crippen LogP contribution in [0, 0.1) is 10.1 Å². The standard InChI is InChI=1S/C27H24N4O6/c32-18-11-5-15(6-12-18)13-23(27(34)35)30-26(33)22-14-20-19-3-1-2-4-21(19)28-25(20)24(29-22)16-7-9-17(10-8-16)31(36)37/h1-12,22-24,28-29,32H,13-14H2,(H,30,33)(H,34,35)/t22-,23-,24-/m0/s1. The van der Waals surface area contributed by atoms with Crippen LogP contribution in [0.3, 0.4) is 0 Å². The number of hydrogen-bond donors (Lipinski definition) is 5. The van der Waals surface area contributed by atoms with Crippen LogP contribution in [0.1, 0.15) is 28.4 Å². The van der Waals surface area contributed by atoms with E-state index in [1.807, 2.05) is 24.3 Å². The summed E-state index contributed by atoms with van der Waals surface area (Å²) in [7, 11) is 0. The molecule has 5 rings (SSSR count). The highest BCUT2D eigenvalue weighted by Gasteiger charge is 2.35. The van der Waals surface area contributed by atoms with Crippen LogP contribution in [0.2, 0.25) is 0 Å². The van der Waals surface area contributed by atoms with E-state index in [1.54, 1.807) is 24.3 Å². The van der Waals surface area contributed by atoms with E-state index in [2.05, 4.69) is 15.6 Å². The Kier molecular flexibility index (Phi) is 6.33. The van der Waals surface area contributed by atoms with Crippen molar-refractivity contribution in [3.8, 4) is 5.75 Å². The van der Waals surface area contributed by atoms with Crippen molar-refractivity contribution in [1.29, 1.82) is 0 Å². The number of non-ortho nitro benzene ring substituents is 1. The lowest BCUT2D eigenvalue weighted by atomic mass is 9.89. The number of fused-ring (bicyclic) bond motifs is 3. The molecule has 0 aliphatic carbocycles. The smallest absolute Gasteiger partial charge is 0.326 e. The lowest BCUT2D eigenvalue weighted by Gasteiger charge is -2.31. The molecule has 10 heteroatoms. The number of phenolic OH excluding ortho intramolecular Hbond substituents is 1. The first-order valence-electron chi connectivity index (χ1n) is 11.7. The van der Waals surface area contributed by atoms with Crippen LogP contribution in [-0.4, -0.2) is 44.1 Å². The van der Waals surface area contributed by atoms with Gasteiger partial charge in [-0.1, -0.05) is 42.5 Å². The molecular formula is C27H24N4O6. The van der Waals surface area contributed by atoms with Crippen molar-refractivity contribution in [3.05, 3.63) is 105 Å². The van der Waals surface area contributed by atoms with Crippen LogP contribution >= 0.6 is 0 Å². The maximum atomic E-state index is 13.4. The molecule has 1 amide bonds. The third-order valence-electron chi connectivity index (χ3n) is 6.66. The van der Waals surface area contributed by atoms with Gasteiger partial charge < -0.3 is 20.5 Å². The van der Waals surface area contributed by atoms with Gasteiger partial charge in [0.2, 0.25) is 5.91 Å². The van der Waals surface area contributed by atoms with Crippen molar-refractivity contribution in [2.24, 2.45) is 0 Å². The SMILES string of the molecule is O=C(O)[C@H](Cc1ccc(O)cc1)NC(=O)[C@@H]1Cc2c([nH]c3ccccc23)[C@H](c2ccc([N+](=O)[O-])cc2)N1. The van der Waals surface area contributed by atoms with Crippen LogP contribution in [0.15, 0.2) is 72.8 Å². The summed E-state index contributed by atoms with van der Waals surface area (Å²) in [6, 6.07) is 17.6. The van der Waals surface area contributed by atoms with Gasteiger partial charge in [0, 0.05) is 35.2 Å². The average molecular weight is 501 g/mol. The van der Waals surface area contributed by atoms with E-state index >= 15 is 0 Å². The first kappa shape index (κ1) is 24.0. The zero-order chi connectivity index (χ0) is 26.1. The molecule has 10 nitrogen and oxygen atoms in total. The summed E-state index contributed by atoms with van der Waals surface area (Å²) in [5, 5.41) is 37.3. The zero-order valence-electron chi connectivity index (χ0n) is 19.5. The van der Waals surface area contributed by atoms with Gasteiger partial charge in [-0.2, -0.15) is 0 Å². The van der Waals surface area contributed by atoms with Gasteiger partial charge in [0.1, 0.15) is 11.8 Å². The molecular weight excluding hydrogens is 476 g/mol. The van der Waals surface area contributed by atoms with Gasteiger partial charge in [-0.15, -0.1) is 0 Å². The molecule has 0 saturated heterocycles. The third kappa shape index (κ3) is 4.87. The van der Waals surface area contributed by atoms with E-state index in [0.717, 1.165) is 27.7 Å². The molecule has 1 aromatic heterocycles. The van der Waals surface area contributed by atoms with E-state index in [4.69, 9.17) is 0 Å². The molecule has 1 aliphatic rings. The number of benzene rings is 3. The Hall–Kier alpha value is -4.70. The Morgan fingerprint density at radius 2 is 1.76 bits per heavy atom. The molecule has 4 aromatic rings. The van der Waals surface area contributed by atoms with E-state index in [0.29, 0.717) is 12.0 Å². The number of nitrogens with one attached hydrogen (secondary N) is 3. The number of carboxylic acids is 1. The summed E-state index contributed by atoms with van der Waals surface area (Å²) in [5.41, 5.74) is 4.04. The Morgan fingerprint density at radius 1 is 1.05 bits per heavy atom. The van der Waals surface area contributed by atoms with Crippen LogP contribution in [0.4, 0.5) is 5.69 Å². The number of carbonyl (C=O) groups excluding carboxylic acids is 1. The summed E-state index contributed by atoms with van der Waals surface area (Å²) in [5.74, 6) is -1.57. The lowest BCUT2D eigenvalue weighted by Crippen LogP contribution is -2.54. The number of nitro groups is 1. The highest BCUT2D eigenvalue weighted by molar-refractivity contribution is 5.90. The maximum Gasteiger partial charge on any atom is 0.326 e. The monoisotopic (exact) mass is 500 g/mol. The molecule has 0 saturated carbocycles. The average Bonchev–Trinajstić information content (AvgIpc) is 3.27. The summed E-state index contributed by atoms with van der Waals surface area (Å²) < 4.78 is 0. The fourth-order valence-corrected chi connectivity index (χ4v) is 4.79. The number of para-hydroxylation sites is 1. The van der Waals surface area contributed by atoms with Gasteiger partial charge >= 0.3 is 5.97 Å². The van der Waals surface area contributed by atoms with Crippen molar-refractivity contribution in [1.82, 2.24) is 15.6 Å². The molecule has 0 unspecified atom stereocenters. The number of carboxylic acid groups (broad SMARTS) is 1. The second kappa shape index (κ2) is 9.75. The van der Waals surface area contributed by atoms with Crippen molar-refractivity contribution in [2.75, 3.05) is 0 Å². The van der Waals surface area contributed by atoms with Gasteiger partial charge in [0.25, 0.3) is 5.69 Å². The Balaban J connectivity index is 1.44. The van der Waals surface area contributed by atoms with Crippen LogP contribution in [-0.2, 0) is 22.4 Å². The van der Waals surface area contributed by atoms with Crippen LogP contribution in [0.25, 0.3) is 10.9 Å². The predicted octanol–water partition coefficient (Wildman–Crippen LogP) is 3.20. The number of aliphatic carboxylic acids is 1. The van der Waals surface area contributed by atoms with Crippen molar-refractivity contribution in [3.63, 3.8) is 0 Å². The van der Waals surface area contributed by atoms with Gasteiger partial charge in [-0.3, -0.25) is 20.2 Å². The summed E-state index contributed by atoms with van der Waals surface area (Å²) in [4.78, 5) is 39.4. The number of hydrogen-bond acceptors (Lipinski definition) is 6. The molecule has 5 N–H and O–H groups in total. The minimum atomic E-state index is -1.17. The number of aromatic hydroxyl groups is 1. The molecule has 1 aliphatic heterocycles. The summed E-state index contributed by atoms with van der Waals surface area (Å²) in [6.45, 7) is 0. The Morgan fingerprint density at radius 3 is 2.43 bits per heavy atom. The van der Waals surface area contributed by atoms with E-state index in [-0.39, 0.29) is 17.9 Å². The Labute approximate surface area is 211 Å². The molecule has 3 atom stereocenters. The quantitative estimate of drug-likeness (QED) is 0.193. The highest BCUT2D eigenvalue weighted by Crippen LogP contribution is 2.35. The number of nitrogens with zero attached hydrogens (tertiary/aromatic N) is 1. The van der Waals surface area contributed by atoms with Gasteiger partial charge in [0.05, 0.1) is 17.0 Å². The normalized spacial score (nSPS) is 17.6. The number of aromatic amines is 1. The summed E-state index contributed by atoms with van der Waals surface area (Å²) >= 11 is 0. The largest absolute Gasteiger partial charge is 0.508 e. The first-order chi connectivity index (χ1) is 17.8.